The highest BCUT2D eigenvalue weighted by atomic mass is 32.2. The van der Waals surface area contributed by atoms with E-state index in [1.54, 1.807) is 19.1 Å². The van der Waals surface area contributed by atoms with E-state index in [-0.39, 0.29) is 13.2 Å². The summed E-state index contributed by atoms with van der Waals surface area (Å²) in [4.78, 5) is 0.966. The number of aliphatic hydroxyl groups is 1. The minimum Gasteiger partial charge on any atom is -0.395 e. The summed E-state index contributed by atoms with van der Waals surface area (Å²) < 4.78 is 25.6. The van der Waals surface area contributed by atoms with E-state index in [9.17, 15) is 8.42 Å². The molecule has 0 aliphatic carbocycles. The third-order valence-electron chi connectivity index (χ3n) is 2.01. The van der Waals surface area contributed by atoms with Crippen molar-refractivity contribution in [2.75, 3.05) is 19.7 Å². The first-order chi connectivity index (χ1) is 7.02. The molecule has 0 aromatic carbocycles. The van der Waals surface area contributed by atoms with Gasteiger partial charge in [-0.25, -0.2) is 8.42 Å². The number of sulfonamides is 1. The van der Waals surface area contributed by atoms with Crippen LogP contribution in [0.15, 0.2) is 16.3 Å². The molecule has 0 unspecified atom stereocenters. The van der Waals surface area contributed by atoms with Gasteiger partial charge in [0.1, 0.15) is 4.21 Å². The minimum absolute atomic E-state index is 0.149. The molecule has 1 rings (SSSR count). The van der Waals surface area contributed by atoms with E-state index < -0.39 is 10.0 Å². The normalized spacial score (nSPS) is 12.3. The lowest BCUT2D eigenvalue weighted by molar-refractivity contribution is 0.257. The highest BCUT2D eigenvalue weighted by Crippen LogP contribution is 2.23. The monoisotopic (exact) mass is 249 g/mol. The van der Waals surface area contributed by atoms with E-state index in [2.05, 4.69) is 0 Å². The Bertz CT molecular complexity index is 411. The molecule has 6 heteroatoms. The fourth-order valence-corrected chi connectivity index (χ4v) is 4.12. The molecule has 1 aromatic heterocycles. The van der Waals surface area contributed by atoms with Gasteiger partial charge < -0.3 is 5.11 Å². The second-order valence-electron chi connectivity index (χ2n) is 3.09. The number of likely N-dealkylation sites (N-methyl/N-ethyl adjacent to an activating group) is 1. The Morgan fingerprint density at radius 1 is 1.47 bits per heavy atom. The number of thiophene rings is 1. The molecule has 0 amide bonds. The molecule has 1 heterocycles. The Hall–Kier alpha value is -0.430. The first-order valence-corrected chi connectivity index (χ1v) is 6.95. The predicted molar refractivity (Wildman–Crippen MR) is 60.6 cm³/mol. The summed E-state index contributed by atoms with van der Waals surface area (Å²) >= 11 is 1.25. The van der Waals surface area contributed by atoms with Gasteiger partial charge >= 0.3 is 0 Å². The maximum atomic E-state index is 12.0. The lowest BCUT2D eigenvalue weighted by Gasteiger charge is -2.17. The standard InChI is InChI=1S/C9H15NO3S2/c1-3-10(6-7-11)15(12,13)9-5-4-8(2)14-9/h4-5,11H,3,6-7H2,1-2H3. The highest BCUT2D eigenvalue weighted by molar-refractivity contribution is 7.91. The van der Waals surface area contributed by atoms with Crippen molar-refractivity contribution in [3.8, 4) is 0 Å². The number of hydrogen-bond acceptors (Lipinski definition) is 4. The molecule has 86 valence electrons. The molecule has 0 radical (unpaired) electrons. The van der Waals surface area contributed by atoms with Gasteiger partial charge in [-0.05, 0) is 19.1 Å². The van der Waals surface area contributed by atoms with Crippen LogP contribution < -0.4 is 0 Å². The van der Waals surface area contributed by atoms with Crippen LogP contribution in [0, 0.1) is 6.92 Å². The number of hydrogen-bond donors (Lipinski definition) is 1. The Morgan fingerprint density at radius 2 is 2.13 bits per heavy atom. The molecule has 0 atom stereocenters. The molecule has 0 spiro atoms. The number of aliphatic hydroxyl groups excluding tert-OH is 1. The van der Waals surface area contributed by atoms with Gasteiger partial charge in [-0.2, -0.15) is 4.31 Å². The van der Waals surface area contributed by atoms with Crippen LogP contribution >= 0.6 is 11.3 Å². The van der Waals surface area contributed by atoms with Crippen molar-refractivity contribution < 1.29 is 13.5 Å². The topological polar surface area (TPSA) is 57.6 Å². The maximum Gasteiger partial charge on any atom is 0.252 e. The van der Waals surface area contributed by atoms with Gasteiger partial charge in [0, 0.05) is 18.0 Å². The quantitative estimate of drug-likeness (QED) is 0.849. The molecule has 1 aromatic rings. The lowest BCUT2D eigenvalue weighted by atomic mass is 10.5. The zero-order valence-electron chi connectivity index (χ0n) is 8.80. The van der Waals surface area contributed by atoms with Crippen molar-refractivity contribution in [2.24, 2.45) is 0 Å². The first kappa shape index (κ1) is 12.6. The summed E-state index contributed by atoms with van der Waals surface area (Å²) in [7, 11) is -3.40. The van der Waals surface area contributed by atoms with Crippen LogP contribution in [0.2, 0.25) is 0 Å². The van der Waals surface area contributed by atoms with Gasteiger partial charge in [0.25, 0.3) is 10.0 Å². The fourth-order valence-electron chi connectivity index (χ4n) is 1.24. The molecule has 0 bridgehead atoms. The van der Waals surface area contributed by atoms with E-state index >= 15 is 0 Å². The Balaban J connectivity index is 3.00. The minimum atomic E-state index is -3.40. The summed E-state index contributed by atoms with van der Waals surface area (Å²) in [5.74, 6) is 0. The molecule has 0 saturated carbocycles. The van der Waals surface area contributed by atoms with E-state index in [0.29, 0.717) is 10.8 Å². The zero-order valence-corrected chi connectivity index (χ0v) is 10.4. The Morgan fingerprint density at radius 3 is 2.53 bits per heavy atom. The van der Waals surface area contributed by atoms with Gasteiger partial charge in [-0.15, -0.1) is 11.3 Å². The van der Waals surface area contributed by atoms with Gasteiger partial charge in [-0.1, -0.05) is 6.92 Å². The van der Waals surface area contributed by atoms with Crippen molar-refractivity contribution in [3.63, 3.8) is 0 Å². The van der Waals surface area contributed by atoms with Crippen LogP contribution in [0.1, 0.15) is 11.8 Å². The molecule has 0 fully saturated rings. The van der Waals surface area contributed by atoms with E-state index in [1.165, 1.54) is 15.6 Å². The van der Waals surface area contributed by atoms with E-state index in [4.69, 9.17) is 5.11 Å². The Labute approximate surface area is 94.2 Å². The molecule has 0 saturated heterocycles. The number of aryl methyl sites for hydroxylation is 1. The summed E-state index contributed by atoms with van der Waals surface area (Å²) in [6.45, 7) is 3.99. The van der Waals surface area contributed by atoms with Crippen molar-refractivity contribution >= 4 is 21.4 Å². The predicted octanol–water partition coefficient (Wildman–Crippen LogP) is 1.06. The SMILES string of the molecule is CCN(CCO)S(=O)(=O)c1ccc(C)s1. The van der Waals surface area contributed by atoms with Crippen molar-refractivity contribution in [1.82, 2.24) is 4.31 Å². The summed E-state index contributed by atoms with van der Waals surface area (Å²) in [6.07, 6.45) is 0. The molecule has 15 heavy (non-hydrogen) atoms. The molecule has 1 N–H and O–H groups in total. The van der Waals surface area contributed by atoms with E-state index in [1.807, 2.05) is 6.92 Å². The van der Waals surface area contributed by atoms with Crippen LogP contribution in [0.3, 0.4) is 0 Å². The van der Waals surface area contributed by atoms with Gasteiger partial charge in [0.2, 0.25) is 0 Å². The highest BCUT2D eigenvalue weighted by Gasteiger charge is 2.23. The fraction of sp³-hybridized carbons (Fsp3) is 0.556. The third-order valence-corrected chi connectivity index (χ3v) is 5.45. The van der Waals surface area contributed by atoms with Crippen molar-refractivity contribution in [1.29, 1.82) is 0 Å². The second kappa shape index (κ2) is 5.07. The van der Waals surface area contributed by atoms with Crippen LogP contribution in [0.25, 0.3) is 0 Å². The van der Waals surface area contributed by atoms with Crippen LogP contribution in [-0.4, -0.2) is 37.5 Å². The summed E-state index contributed by atoms with van der Waals surface area (Å²) in [5, 5.41) is 8.78. The largest absolute Gasteiger partial charge is 0.395 e. The lowest BCUT2D eigenvalue weighted by Crippen LogP contribution is -2.32. The van der Waals surface area contributed by atoms with Crippen LogP contribution in [0.5, 0.6) is 0 Å². The second-order valence-corrected chi connectivity index (χ2v) is 6.54. The molecule has 4 nitrogen and oxygen atoms in total. The Kier molecular flexibility index (Phi) is 4.27. The van der Waals surface area contributed by atoms with Gasteiger partial charge in [0.05, 0.1) is 6.61 Å². The van der Waals surface area contributed by atoms with Crippen LogP contribution in [-0.2, 0) is 10.0 Å². The smallest absolute Gasteiger partial charge is 0.252 e. The van der Waals surface area contributed by atoms with E-state index in [0.717, 1.165) is 4.88 Å². The van der Waals surface area contributed by atoms with Gasteiger partial charge in [-0.3, -0.25) is 0 Å². The van der Waals surface area contributed by atoms with Crippen LogP contribution in [0.4, 0.5) is 0 Å². The average molecular weight is 249 g/mol. The molecular formula is C9H15NO3S2. The number of rotatable bonds is 5. The molecule has 0 aliphatic heterocycles. The third kappa shape index (κ3) is 2.78. The first-order valence-electron chi connectivity index (χ1n) is 4.69. The average Bonchev–Trinajstić information content (AvgIpc) is 2.61. The number of nitrogens with zero attached hydrogens (tertiary/aromatic N) is 1. The summed E-state index contributed by atoms with van der Waals surface area (Å²) in [5.41, 5.74) is 0. The molecular weight excluding hydrogens is 234 g/mol. The van der Waals surface area contributed by atoms with Crippen molar-refractivity contribution in [3.05, 3.63) is 17.0 Å². The zero-order chi connectivity index (χ0) is 11.5. The van der Waals surface area contributed by atoms with Gasteiger partial charge in [0.15, 0.2) is 0 Å². The maximum absolute atomic E-state index is 12.0. The summed E-state index contributed by atoms with van der Waals surface area (Å²) in [6, 6.07) is 3.39. The van der Waals surface area contributed by atoms with Crippen molar-refractivity contribution in [2.45, 2.75) is 18.1 Å². The molecule has 0 aliphatic rings.